The van der Waals surface area contributed by atoms with Gasteiger partial charge in [-0.1, -0.05) is 90.4 Å². The maximum absolute atomic E-state index is 9.96. The molecule has 0 aromatic heterocycles. The maximum Gasteiger partial charge on any atom is 0.101 e. The van der Waals surface area contributed by atoms with E-state index >= 15 is 0 Å². The third kappa shape index (κ3) is 45.6. The summed E-state index contributed by atoms with van der Waals surface area (Å²) >= 11 is 0. The van der Waals surface area contributed by atoms with Crippen molar-refractivity contribution in [3.05, 3.63) is 0 Å². The number of hydrogen-bond acceptors (Lipinski definition) is 13. The average molecular weight is 743 g/mol. The first kappa shape index (κ1) is 50.5. The van der Waals surface area contributed by atoms with Gasteiger partial charge in [-0.25, -0.2) is 0 Å². The van der Waals surface area contributed by atoms with Crippen LogP contribution in [-0.2, 0) is 47.4 Å². The summed E-state index contributed by atoms with van der Waals surface area (Å²) in [6, 6.07) is 0. The second-order valence-corrected chi connectivity index (χ2v) is 12.6. The molecule has 0 fully saturated rings. The molecule has 0 bridgehead atoms. The summed E-state index contributed by atoms with van der Waals surface area (Å²) in [5.41, 5.74) is 0. The van der Waals surface area contributed by atoms with E-state index in [4.69, 9.17) is 52.5 Å². The van der Waals surface area contributed by atoms with E-state index in [2.05, 4.69) is 6.92 Å². The van der Waals surface area contributed by atoms with Gasteiger partial charge < -0.3 is 62.7 Å². The summed E-state index contributed by atoms with van der Waals surface area (Å²) in [5, 5.41) is 28.5. The topological polar surface area (TPSA) is 153 Å². The summed E-state index contributed by atoms with van der Waals surface area (Å²) < 4.78 is 54.0. The second-order valence-electron chi connectivity index (χ2n) is 12.6. The fourth-order valence-electron chi connectivity index (χ4n) is 4.88. The van der Waals surface area contributed by atoms with Gasteiger partial charge in [-0.05, 0) is 6.42 Å². The Kier molecular flexibility index (Phi) is 45.2. The molecule has 308 valence electrons. The first-order chi connectivity index (χ1) is 25.2. The number of rotatable bonds is 46. The van der Waals surface area contributed by atoms with Gasteiger partial charge in [-0.15, -0.1) is 0 Å². The van der Waals surface area contributed by atoms with Crippen molar-refractivity contribution in [2.45, 2.75) is 109 Å². The van der Waals surface area contributed by atoms with Gasteiger partial charge in [0, 0.05) is 6.61 Å². The zero-order valence-electron chi connectivity index (χ0n) is 32.3. The highest BCUT2D eigenvalue weighted by Crippen LogP contribution is 2.13. The summed E-state index contributed by atoms with van der Waals surface area (Å²) in [7, 11) is 0. The predicted octanol–water partition coefficient (Wildman–Crippen LogP) is 4.35. The van der Waals surface area contributed by atoms with Gasteiger partial charge in [0.15, 0.2) is 0 Å². The molecule has 0 rings (SSSR count). The lowest BCUT2D eigenvalue weighted by molar-refractivity contribution is -0.0666. The lowest BCUT2D eigenvalue weighted by atomic mass is 10.0. The molecule has 3 N–H and O–H groups in total. The van der Waals surface area contributed by atoms with Gasteiger partial charge >= 0.3 is 0 Å². The number of ether oxygens (including phenoxy) is 10. The Bertz CT molecular complexity index is 620. The fraction of sp³-hybridized carbons (Fsp3) is 1.00. The molecule has 0 saturated carbocycles. The number of aliphatic hydroxyl groups excluding tert-OH is 3. The van der Waals surface area contributed by atoms with Crippen molar-refractivity contribution in [2.24, 2.45) is 0 Å². The van der Waals surface area contributed by atoms with Crippen LogP contribution in [0.5, 0.6) is 0 Å². The highest BCUT2D eigenvalue weighted by molar-refractivity contribution is 4.56. The summed E-state index contributed by atoms with van der Waals surface area (Å²) in [4.78, 5) is 0. The highest BCUT2D eigenvalue weighted by Gasteiger charge is 2.09. The van der Waals surface area contributed by atoms with Crippen LogP contribution in [0, 0.1) is 0 Å². The van der Waals surface area contributed by atoms with Crippen molar-refractivity contribution in [3.63, 3.8) is 0 Å². The number of aliphatic hydroxyl groups is 3. The van der Waals surface area contributed by atoms with Gasteiger partial charge in [0.25, 0.3) is 0 Å². The van der Waals surface area contributed by atoms with Gasteiger partial charge in [0.1, 0.15) is 12.2 Å². The third-order valence-electron chi connectivity index (χ3n) is 7.72. The van der Waals surface area contributed by atoms with E-state index in [1.54, 1.807) is 0 Å². The largest absolute Gasteiger partial charge is 0.394 e. The lowest BCUT2D eigenvalue weighted by Crippen LogP contribution is -2.28. The molecule has 0 aromatic rings. The molecule has 2 atom stereocenters. The van der Waals surface area contributed by atoms with Crippen molar-refractivity contribution < 1.29 is 62.7 Å². The molecule has 0 aliphatic rings. The molecule has 0 aromatic carbocycles. The first-order valence-corrected chi connectivity index (χ1v) is 19.9. The summed E-state index contributed by atoms with van der Waals surface area (Å²) in [6.45, 7) is 10.2. The third-order valence-corrected chi connectivity index (χ3v) is 7.72. The molecule has 0 heterocycles. The Morgan fingerprint density at radius 3 is 0.882 bits per heavy atom. The number of unbranched alkanes of at least 4 members (excludes halogenated alkanes) is 13. The van der Waals surface area contributed by atoms with Crippen LogP contribution in [0.25, 0.3) is 0 Å². The van der Waals surface area contributed by atoms with Crippen LogP contribution in [-0.4, -0.2) is 166 Å². The molecule has 2 unspecified atom stereocenters. The Hall–Kier alpha value is -0.520. The van der Waals surface area contributed by atoms with E-state index in [0.717, 1.165) is 13.0 Å². The molecule has 0 amide bonds. The highest BCUT2D eigenvalue weighted by atomic mass is 16.6. The smallest absolute Gasteiger partial charge is 0.101 e. The van der Waals surface area contributed by atoms with Crippen molar-refractivity contribution >= 4 is 0 Å². The standard InChI is InChI=1S/C38H78O13/c1-2-3-4-5-6-7-8-9-10-11-12-13-14-15-17-42-19-21-44-23-24-46-26-28-48-30-32-50-34-38(41)36-51-35-37(40)33-49-31-29-47-27-25-45-22-20-43-18-16-39/h37-41H,2-36H2,1H3. The van der Waals surface area contributed by atoms with Crippen LogP contribution >= 0.6 is 0 Å². The van der Waals surface area contributed by atoms with Gasteiger partial charge in [-0.3, -0.25) is 0 Å². The molecular weight excluding hydrogens is 664 g/mol. The van der Waals surface area contributed by atoms with Crippen LogP contribution in [0.3, 0.4) is 0 Å². The Morgan fingerprint density at radius 1 is 0.294 bits per heavy atom. The van der Waals surface area contributed by atoms with E-state index in [1.165, 1.54) is 83.5 Å². The minimum Gasteiger partial charge on any atom is -0.394 e. The summed E-state index contributed by atoms with van der Waals surface area (Å²) in [6.07, 6.45) is 17.5. The predicted molar refractivity (Wildman–Crippen MR) is 198 cm³/mol. The van der Waals surface area contributed by atoms with Gasteiger partial charge in [0.05, 0.1) is 132 Å². The van der Waals surface area contributed by atoms with Gasteiger partial charge in [-0.2, -0.15) is 0 Å². The zero-order valence-corrected chi connectivity index (χ0v) is 32.3. The Balaban J connectivity index is 3.20. The van der Waals surface area contributed by atoms with Crippen molar-refractivity contribution in [1.82, 2.24) is 0 Å². The van der Waals surface area contributed by atoms with Crippen molar-refractivity contribution in [1.29, 1.82) is 0 Å². The molecule has 51 heavy (non-hydrogen) atoms. The lowest BCUT2D eigenvalue weighted by Gasteiger charge is -2.15. The quantitative estimate of drug-likeness (QED) is 0.0759. The monoisotopic (exact) mass is 743 g/mol. The second kappa shape index (κ2) is 45.6. The number of hydrogen-bond donors (Lipinski definition) is 3. The molecule has 0 aliphatic carbocycles. The maximum atomic E-state index is 9.96. The fourth-order valence-corrected chi connectivity index (χ4v) is 4.88. The minimum atomic E-state index is -0.801. The van der Waals surface area contributed by atoms with Gasteiger partial charge in [0.2, 0.25) is 0 Å². The average Bonchev–Trinajstić information content (AvgIpc) is 3.13. The first-order valence-electron chi connectivity index (χ1n) is 19.9. The SMILES string of the molecule is CCCCCCCCCCCCCCCCOCCOCCOCCOCCOCC(O)COCC(O)COCCOCCOCCOCCO. The molecule has 13 nitrogen and oxygen atoms in total. The van der Waals surface area contributed by atoms with E-state index < -0.39 is 12.2 Å². The van der Waals surface area contributed by atoms with E-state index in [-0.39, 0.29) is 33.0 Å². The molecule has 0 radical (unpaired) electrons. The Morgan fingerprint density at radius 2 is 0.549 bits per heavy atom. The van der Waals surface area contributed by atoms with Crippen molar-refractivity contribution in [3.8, 4) is 0 Å². The van der Waals surface area contributed by atoms with Crippen LogP contribution in [0.4, 0.5) is 0 Å². The van der Waals surface area contributed by atoms with E-state index in [9.17, 15) is 10.2 Å². The molecular formula is C38H78O13. The van der Waals surface area contributed by atoms with E-state index in [0.29, 0.717) is 99.1 Å². The summed E-state index contributed by atoms with van der Waals surface area (Å²) in [5.74, 6) is 0. The van der Waals surface area contributed by atoms with Crippen LogP contribution in [0.15, 0.2) is 0 Å². The van der Waals surface area contributed by atoms with Crippen LogP contribution in [0.2, 0.25) is 0 Å². The zero-order chi connectivity index (χ0) is 37.0. The normalized spacial score (nSPS) is 12.9. The Labute approximate surface area is 310 Å². The minimum absolute atomic E-state index is 0.00344. The van der Waals surface area contributed by atoms with Crippen LogP contribution < -0.4 is 0 Å². The molecule has 0 saturated heterocycles. The van der Waals surface area contributed by atoms with Crippen molar-refractivity contribution in [2.75, 3.05) is 139 Å². The molecule has 0 aliphatic heterocycles. The van der Waals surface area contributed by atoms with E-state index in [1.807, 2.05) is 0 Å². The molecule has 0 spiro atoms. The van der Waals surface area contributed by atoms with Crippen LogP contribution in [0.1, 0.15) is 96.8 Å². The molecule has 13 heteroatoms.